The van der Waals surface area contributed by atoms with Gasteiger partial charge in [0, 0.05) is 45.8 Å². The predicted octanol–water partition coefficient (Wildman–Crippen LogP) is 2.65. The average Bonchev–Trinajstić information content (AvgIpc) is 2.59. The molecule has 0 amide bonds. The number of nitrogens with zero attached hydrogens (tertiary/aromatic N) is 2. The fourth-order valence-corrected chi connectivity index (χ4v) is 2.33. The molecule has 0 atom stereocenters. The van der Waals surface area contributed by atoms with Crippen LogP contribution >= 0.6 is 24.0 Å². The normalized spacial score (nSPS) is 11.2. The number of methoxy groups -OCH3 is 1. The molecule has 0 heterocycles. The molecule has 150 valence electrons. The minimum Gasteiger partial charge on any atom is -0.493 e. The molecule has 0 unspecified atom stereocenters. The second kappa shape index (κ2) is 15.0. The Morgan fingerprint density at radius 1 is 1.15 bits per heavy atom. The van der Waals surface area contributed by atoms with E-state index in [1.165, 1.54) is 5.56 Å². The van der Waals surface area contributed by atoms with Crippen molar-refractivity contribution in [2.45, 2.75) is 26.3 Å². The van der Waals surface area contributed by atoms with Crippen LogP contribution in [0.1, 0.15) is 24.0 Å². The Morgan fingerprint density at radius 3 is 2.58 bits per heavy atom. The summed E-state index contributed by atoms with van der Waals surface area (Å²) in [5, 5.41) is 6.70. The van der Waals surface area contributed by atoms with Crippen LogP contribution < -0.4 is 15.4 Å². The van der Waals surface area contributed by atoms with Gasteiger partial charge in [0.15, 0.2) is 5.96 Å². The summed E-state index contributed by atoms with van der Waals surface area (Å²) < 4.78 is 11.0. The van der Waals surface area contributed by atoms with Crippen molar-refractivity contribution in [3.05, 3.63) is 29.3 Å². The molecule has 1 rings (SSSR count). The smallest absolute Gasteiger partial charge is 0.191 e. The maximum atomic E-state index is 5.93. The first kappa shape index (κ1) is 24.9. The van der Waals surface area contributed by atoms with Gasteiger partial charge < -0.3 is 25.0 Å². The summed E-state index contributed by atoms with van der Waals surface area (Å²) in [6.45, 7) is 6.07. The monoisotopic (exact) mass is 478 g/mol. The molecule has 0 radical (unpaired) electrons. The highest BCUT2D eigenvalue weighted by molar-refractivity contribution is 14.0. The van der Waals surface area contributed by atoms with Crippen molar-refractivity contribution in [1.29, 1.82) is 0 Å². The van der Waals surface area contributed by atoms with Gasteiger partial charge >= 0.3 is 0 Å². The molecule has 0 aliphatic carbocycles. The lowest BCUT2D eigenvalue weighted by Gasteiger charge is -2.16. The van der Waals surface area contributed by atoms with Crippen molar-refractivity contribution in [3.8, 4) is 5.75 Å². The van der Waals surface area contributed by atoms with Crippen LogP contribution in [0.15, 0.2) is 23.2 Å². The standard InChI is InChI=1S/C19H34N4O2.HI/c1-16-8-9-17(18(14-16)25-13-7-12-24-5)15-22-19(20-2)21-10-6-11-23(3)4;/h8-9,14H,6-7,10-13,15H2,1-5H3,(H2,20,21,22);1H. The van der Waals surface area contributed by atoms with Crippen LogP contribution in [0.25, 0.3) is 0 Å². The minimum absolute atomic E-state index is 0. The Hall–Kier alpha value is -1.06. The minimum atomic E-state index is 0. The molecule has 0 saturated heterocycles. The fourth-order valence-electron chi connectivity index (χ4n) is 2.33. The largest absolute Gasteiger partial charge is 0.493 e. The molecule has 1 aromatic carbocycles. The number of hydrogen-bond donors (Lipinski definition) is 2. The summed E-state index contributed by atoms with van der Waals surface area (Å²) in [4.78, 5) is 6.45. The van der Waals surface area contributed by atoms with Crippen LogP contribution in [0, 0.1) is 6.92 Å². The van der Waals surface area contributed by atoms with Crippen molar-refractivity contribution < 1.29 is 9.47 Å². The number of aryl methyl sites for hydroxylation is 1. The molecule has 6 nitrogen and oxygen atoms in total. The molecule has 0 bridgehead atoms. The molecule has 26 heavy (non-hydrogen) atoms. The van der Waals surface area contributed by atoms with Gasteiger partial charge in [-0.15, -0.1) is 24.0 Å². The molecule has 7 heteroatoms. The number of nitrogens with one attached hydrogen (secondary N) is 2. The zero-order valence-corrected chi connectivity index (χ0v) is 19.1. The molecular weight excluding hydrogens is 443 g/mol. The van der Waals surface area contributed by atoms with Crippen LogP contribution in [0.2, 0.25) is 0 Å². The van der Waals surface area contributed by atoms with Crippen molar-refractivity contribution in [2.24, 2.45) is 4.99 Å². The Kier molecular flexibility index (Phi) is 14.4. The second-order valence-corrected chi connectivity index (χ2v) is 6.32. The molecule has 1 aromatic rings. The Morgan fingerprint density at radius 2 is 1.92 bits per heavy atom. The Balaban J connectivity index is 0.00000625. The second-order valence-electron chi connectivity index (χ2n) is 6.32. The fraction of sp³-hybridized carbons (Fsp3) is 0.632. The van der Waals surface area contributed by atoms with Gasteiger partial charge in [-0.2, -0.15) is 0 Å². The third kappa shape index (κ3) is 10.8. The van der Waals surface area contributed by atoms with E-state index in [-0.39, 0.29) is 24.0 Å². The van der Waals surface area contributed by atoms with E-state index in [2.05, 4.69) is 59.7 Å². The van der Waals surface area contributed by atoms with Gasteiger partial charge in [0.2, 0.25) is 0 Å². The molecule has 0 spiro atoms. The number of aliphatic imine (C=N–C) groups is 1. The van der Waals surface area contributed by atoms with Gasteiger partial charge in [-0.05, 0) is 45.6 Å². The lowest BCUT2D eigenvalue weighted by Crippen LogP contribution is -2.38. The highest BCUT2D eigenvalue weighted by Crippen LogP contribution is 2.20. The SMILES string of the molecule is CN=C(NCCCN(C)C)NCc1ccc(C)cc1OCCCOC.I. The van der Waals surface area contributed by atoms with Crippen molar-refractivity contribution in [2.75, 3.05) is 54.6 Å². The summed E-state index contributed by atoms with van der Waals surface area (Å²) in [5.41, 5.74) is 2.32. The van der Waals surface area contributed by atoms with Crippen molar-refractivity contribution >= 4 is 29.9 Å². The summed E-state index contributed by atoms with van der Waals surface area (Å²) in [6, 6.07) is 6.29. The van der Waals surface area contributed by atoms with Crippen LogP contribution in [0.4, 0.5) is 0 Å². The lowest BCUT2D eigenvalue weighted by atomic mass is 10.1. The summed E-state index contributed by atoms with van der Waals surface area (Å²) in [7, 11) is 7.66. The maximum Gasteiger partial charge on any atom is 0.191 e. The van der Waals surface area contributed by atoms with Gasteiger partial charge in [-0.1, -0.05) is 12.1 Å². The van der Waals surface area contributed by atoms with E-state index >= 15 is 0 Å². The number of benzene rings is 1. The molecule has 0 aromatic heterocycles. The molecule has 0 fully saturated rings. The summed E-state index contributed by atoms with van der Waals surface area (Å²) >= 11 is 0. The maximum absolute atomic E-state index is 5.93. The molecule has 2 N–H and O–H groups in total. The molecule has 0 aliphatic rings. The highest BCUT2D eigenvalue weighted by Gasteiger charge is 2.06. The Labute approximate surface area is 175 Å². The summed E-state index contributed by atoms with van der Waals surface area (Å²) in [5.74, 6) is 1.73. The molecule has 0 aliphatic heterocycles. The van der Waals surface area contributed by atoms with Crippen LogP contribution in [0.5, 0.6) is 5.75 Å². The zero-order chi connectivity index (χ0) is 18.5. The van der Waals surface area contributed by atoms with Crippen LogP contribution in [-0.4, -0.2) is 65.4 Å². The first-order valence-corrected chi connectivity index (χ1v) is 8.87. The first-order valence-electron chi connectivity index (χ1n) is 8.87. The first-order chi connectivity index (χ1) is 12.1. The van der Waals surface area contributed by atoms with Crippen molar-refractivity contribution in [1.82, 2.24) is 15.5 Å². The van der Waals surface area contributed by atoms with E-state index in [0.29, 0.717) is 19.8 Å². The van der Waals surface area contributed by atoms with Crippen LogP contribution in [0.3, 0.4) is 0 Å². The van der Waals surface area contributed by atoms with Crippen molar-refractivity contribution in [3.63, 3.8) is 0 Å². The number of halogens is 1. The van der Waals surface area contributed by atoms with E-state index in [9.17, 15) is 0 Å². The van der Waals surface area contributed by atoms with E-state index in [1.807, 2.05) is 0 Å². The number of ether oxygens (including phenoxy) is 2. The van der Waals surface area contributed by atoms with E-state index in [0.717, 1.165) is 43.2 Å². The van der Waals surface area contributed by atoms with E-state index in [4.69, 9.17) is 9.47 Å². The number of hydrogen-bond acceptors (Lipinski definition) is 4. The third-order valence-corrected chi connectivity index (χ3v) is 3.72. The Bertz CT molecular complexity index is 524. The summed E-state index contributed by atoms with van der Waals surface area (Å²) in [6.07, 6.45) is 1.96. The highest BCUT2D eigenvalue weighted by atomic mass is 127. The van der Waals surface area contributed by atoms with Gasteiger partial charge in [0.1, 0.15) is 5.75 Å². The van der Waals surface area contributed by atoms with E-state index < -0.39 is 0 Å². The molecular formula is C19H35IN4O2. The van der Waals surface area contributed by atoms with Gasteiger partial charge in [-0.3, -0.25) is 4.99 Å². The quantitative estimate of drug-likeness (QED) is 0.222. The van der Waals surface area contributed by atoms with Gasteiger partial charge in [0.05, 0.1) is 6.61 Å². The average molecular weight is 478 g/mol. The predicted molar refractivity (Wildman–Crippen MR) is 120 cm³/mol. The number of guanidine groups is 1. The van der Waals surface area contributed by atoms with Gasteiger partial charge in [-0.25, -0.2) is 0 Å². The van der Waals surface area contributed by atoms with Gasteiger partial charge in [0.25, 0.3) is 0 Å². The zero-order valence-electron chi connectivity index (χ0n) is 16.8. The molecule has 0 saturated carbocycles. The van der Waals surface area contributed by atoms with Crippen LogP contribution in [-0.2, 0) is 11.3 Å². The van der Waals surface area contributed by atoms with E-state index in [1.54, 1.807) is 14.2 Å². The third-order valence-electron chi connectivity index (χ3n) is 3.72. The number of rotatable bonds is 11. The topological polar surface area (TPSA) is 58.1 Å². The lowest BCUT2D eigenvalue weighted by molar-refractivity contribution is 0.172.